The van der Waals surface area contributed by atoms with Crippen molar-refractivity contribution in [1.29, 1.82) is 0 Å². The zero-order chi connectivity index (χ0) is 11.5. The third kappa shape index (κ3) is 2.96. The van der Waals surface area contributed by atoms with Gasteiger partial charge in [-0.1, -0.05) is 53.4 Å². The summed E-state index contributed by atoms with van der Waals surface area (Å²) in [4.78, 5) is 0. The summed E-state index contributed by atoms with van der Waals surface area (Å²) in [6, 6.07) is 0. The quantitative estimate of drug-likeness (QED) is 0.748. The largest absolute Gasteiger partial charge is 0.325 e. The lowest BCUT2D eigenvalue weighted by molar-refractivity contribution is 0.114. The van der Waals surface area contributed by atoms with Gasteiger partial charge in [-0.15, -0.1) is 0 Å². The third-order valence-corrected chi connectivity index (χ3v) is 4.89. The van der Waals surface area contributed by atoms with Crippen LogP contribution in [-0.4, -0.2) is 5.54 Å². The van der Waals surface area contributed by atoms with Crippen LogP contribution in [-0.2, 0) is 0 Å². The first-order chi connectivity index (χ1) is 7.03. The Morgan fingerprint density at radius 1 is 1.27 bits per heavy atom. The monoisotopic (exact) mass is 211 g/mol. The summed E-state index contributed by atoms with van der Waals surface area (Å²) in [5.41, 5.74) is 6.78. The molecule has 0 saturated heterocycles. The van der Waals surface area contributed by atoms with E-state index < -0.39 is 0 Å². The molecule has 1 fully saturated rings. The summed E-state index contributed by atoms with van der Waals surface area (Å²) in [6.45, 7) is 9.34. The van der Waals surface area contributed by atoms with Gasteiger partial charge in [0.2, 0.25) is 0 Å². The lowest BCUT2D eigenvalue weighted by atomic mass is 9.65. The van der Waals surface area contributed by atoms with Crippen LogP contribution in [0.15, 0.2) is 0 Å². The average molecular weight is 211 g/mol. The summed E-state index contributed by atoms with van der Waals surface area (Å²) in [7, 11) is 0. The lowest BCUT2D eigenvalue weighted by Gasteiger charge is -2.45. The smallest absolute Gasteiger partial charge is 0.0185 e. The van der Waals surface area contributed by atoms with Gasteiger partial charge in [0.05, 0.1) is 0 Å². The molecule has 1 heteroatoms. The van der Waals surface area contributed by atoms with Crippen molar-refractivity contribution in [3.8, 4) is 0 Å². The van der Waals surface area contributed by atoms with E-state index in [2.05, 4.69) is 27.7 Å². The highest BCUT2D eigenvalue weighted by atomic mass is 14.8. The van der Waals surface area contributed by atoms with E-state index in [0.717, 1.165) is 11.8 Å². The second-order valence-corrected chi connectivity index (χ2v) is 5.78. The fourth-order valence-corrected chi connectivity index (χ4v) is 3.20. The van der Waals surface area contributed by atoms with E-state index in [1.807, 2.05) is 0 Å². The molecule has 0 aromatic heterocycles. The molecular formula is C14H29N. The van der Waals surface area contributed by atoms with Crippen LogP contribution in [0.4, 0.5) is 0 Å². The van der Waals surface area contributed by atoms with Crippen molar-refractivity contribution < 1.29 is 0 Å². The molecule has 0 radical (unpaired) electrons. The Hall–Kier alpha value is -0.0400. The van der Waals surface area contributed by atoms with Crippen molar-refractivity contribution in [2.24, 2.45) is 23.5 Å². The average Bonchev–Trinajstić information content (AvgIpc) is 2.23. The first-order valence-corrected chi connectivity index (χ1v) is 6.82. The second-order valence-electron chi connectivity index (χ2n) is 5.78. The highest BCUT2D eigenvalue weighted by Gasteiger charge is 2.38. The standard InChI is InChI=1S/C14H29N/c1-5-13(6-2)10-14(15)9-7-8-11(3)12(14)4/h11-13H,5-10,15H2,1-4H3. The highest BCUT2D eigenvalue weighted by molar-refractivity contribution is 4.95. The minimum absolute atomic E-state index is 0.133. The molecular weight excluding hydrogens is 182 g/mol. The van der Waals surface area contributed by atoms with Crippen LogP contribution in [0.25, 0.3) is 0 Å². The summed E-state index contributed by atoms with van der Waals surface area (Å²) in [5, 5.41) is 0. The van der Waals surface area contributed by atoms with Crippen LogP contribution in [0.3, 0.4) is 0 Å². The normalized spacial score (nSPS) is 37.2. The topological polar surface area (TPSA) is 26.0 Å². The van der Waals surface area contributed by atoms with Crippen molar-refractivity contribution in [1.82, 2.24) is 0 Å². The summed E-state index contributed by atoms with van der Waals surface area (Å²) in [6.07, 6.45) is 7.78. The molecule has 1 nitrogen and oxygen atoms in total. The van der Waals surface area contributed by atoms with Crippen molar-refractivity contribution in [2.45, 2.75) is 71.8 Å². The molecule has 0 aromatic carbocycles. The number of nitrogens with two attached hydrogens (primary N) is 1. The van der Waals surface area contributed by atoms with Crippen LogP contribution in [0.1, 0.15) is 66.2 Å². The van der Waals surface area contributed by atoms with Gasteiger partial charge in [0.25, 0.3) is 0 Å². The predicted octanol–water partition coefficient (Wildman–Crippen LogP) is 3.97. The van der Waals surface area contributed by atoms with Crippen LogP contribution < -0.4 is 5.73 Å². The Bertz CT molecular complexity index is 186. The Morgan fingerprint density at radius 3 is 2.40 bits per heavy atom. The van der Waals surface area contributed by atoms with Gasteiger partial charge in [-0.05, 0) is 30.6 Å². The number of hydrogen-bond acceptors (Lipinski definition) is 1. The van der Waals surface area contributed by atoms with Crippen molar-refractivity contribution in [3.05, 3.63) is 0 Å². The van der Waals surface area contributed by atoms with Gasteiger partial charge in [0.15, 0.2) is 0 Å². The number of rotatable bonds is 4. The van der Waals surface area contributed by atoms with Crippen LogP contribution in [0.5, 0.6) is 0 Å². The first kappa shape index (κ1) is 13.0. The SMILES string of the molecule is CCC(CC)CC1(N)CCCC(C)C1C. The second kappa shape index (κ2) is 5.34. The van der Waals surface area contributed by atoms with Gasteiger partial charge in [0.1, 0.15) is 0 Å². The Labute approximate surface area is 95.8 Å². The maximum atomic E-state index is 6.65. The van der Waals surface area contributed by atoms with Gasteiger partial charge < -0.3 is 5.73 Å². The van der Waals surface area contributed by atoms with Gasteiger partial charge in [-0.25, -0.2) is 0 Å². The van der Waals surface area contributed by atoms with Gasteiger partial charge in [-0.3, -0.25) is 0 Å². The molecule has 1 aliphatic rings. The minimum atomic E-state index is 0.133. The Morgan fingerprint density at radius 2 is 1.87 bits per heavy atom. The molecule has 1 aliphatic carbocycles. The van der Waals surface area contributed by atoms with E-state index in [-0.39, 0.29) is 5.54 Å². The predicted molar refractivity (Wildman–Crippen MR) is 67.8 cm³/mol. The molecule has 15 heavy (non-hydrogen) atoms. The van der Waals surface area contributed by atoms with Crippen LogP contribution in [0, 0.1) is 17.8 Å². The molecule has 0 amide bonds. The van der Waals surface area contributed by atoms with Crippen molar-refractivity contribution in [3.63, 3.8) is 0 Å². The fourth-order valence-electron chi connectivity index (χ4n) is 3.20. The lowest BCUT2D eigenvalue weighted by Crippen LogP contribution is -2.52. The van der Waals surface area contributed by atoms with E-state index in [1.54, 1.807) is 0 Å². The molecule has 0 spiro atoms. The highest BCUT2D eigenvalue weighted by Crippen LogP contribution is 2.40. The molecule has 1 saturated carbocycles. The molecule has 90 valence electrons. The molecule has 1 rings (SSSR count). The number of hydrogen-bond donors (Lipinski definition) is 1. The minimum Gasteiger partial charge on any atom is -0.325 e. The zero-order valence-corrected chi connectivity index (χ0v) is 11.1. The summed E-state index contributed by atoms with van der Waals surface area (Å²) >= 11 is 0. The molecule has 0 aromatic rings. The van der Waals surface area contributed by atoms with Gasteiger partial charge in [-0.2, -0.15) is 0 Å². The van der Waals surface area contributed by atoms with Crippen molar-refractivity contribution >= 4 is 0 Å². The molecule has 3 atom stereocenters. The summed E-state index contributed by atoms with van der Waals surface area (Å²) < 4.78 is 0. The fraction of sp³-hybridized carbons (Fsp3) is 1.00. The molecule has 3 unspecified atom stereocenters. The van der Waals surface area contributed by atoms with Gasteiger partial charge in [0, 0.05) is 5.54 Å². The molecule has 2 N–H and O–H groups in total. The maximum absolute atomic E-state index is 6.65. The Kier molecular flexibility index (Phi) is 4.64. The third-order valence-electron chi connectivity index (χ3n) is 4.89. The van der Waals surface area contributed by atoms with E-state index in [0.29, 0.717) is 5.92 Å². The van der Waals surface area contributed by atoms with E-state index in [4.69, 9.17) is 5.73 Å². The zero-order valence-electron chi connectivity index (χ0n) is 11.1. The Balaban J connectivity index is 2.62. The van der Waals surface area contributed by atoms with Crippen LogP contribution in [0.2, 0.25) is 0 Å². The van der Waals surface area contributed by atoms with Gasteiger partial charge >= 0.3 is 0 Å². The molecule has 0 aliphatic heterocycles. The van der Waals surface area contributed by atoms with Crippen molar-refractivity contribution in [2.75, 3.05) is 0 Å². The van der Waals surface area contributed by atoms with E-state index in [9.17, 15) is 0 Å². The van der Waals surface area contributed by atoms with E-state index >= 15 is 0 Å². The summed E-state index contributed by atoms with van der Waals surface area (Å²) in [5.74, 6) is 2.35. The van der Waals surface area contributed by atoms with Crippen LogP contribution >= 0.6 is 0 Å². The molecule has 0 heterocycles. The van der Waals surface area contributed by atoms with E-state index in [1.165, 1.54) is 38.5 Å². The molecule has 0 bridgehead atoms. The first-order valence-electron chi connectivity index (χ1n) is 6.82. The maximum Gasteiger partial charge on any atom is 0.0185 e.